The van der Waals surface area contributed by atoms with Crippen LogP contribution in [-0.4, -0.2) is 36.1 Å². The number of hydrogen-bond donors (Lipinski definition) is 1. The van der Waals surface area contributed by atoms with Crippen LogP contribution in [0.2, 0.25) is 0 Å². The minimum atomic E-state index is -0.449. The Bertz CT molecular complexity index is 939. The van der Waals surface area contributed by atoms with Crippen LogP contribution in [0.3, 0.4) is 0 Å². The number of carbonyl (C=O) groups is 2. The van der Waals surface area contributed by atoms with Crippen molar-refractivity contribution in [1.29, 1.82) is 0 Å². The van der Waals surface area contributed by atoms with Gasteiger partial charge in [-0.05, 0) is 49.0 Å². The number of nitrogens with zero attached hydrogens (tertiary/aromatic N) is 1. The molecule has 0 fully saturated rings. The third kappa shape index (κ3) is 3.89. The Morgan fingerprint density at radius 1 is 1.04 bits per heavy atom. The maximum absolute atomic E-state index is 12.3. The first-order valence-corrected chi connectivity index (χ1v) is 9.03. The second-order valence-electron chi connectivity index (χ2n) is 6.26. The van der Waals surface area contributed by atoms with Crippen LogP contribution < -0.4 is 10.1 Å². The summed E-state index contributed by atoms with van der Waals surface area (Å²) in [4.78, 5) is 26.2. The summed E-state index contributed by atoms with van der Waals surface area (Å²) in [5.41, 5.74) is 2.47. The van der Waals surface area contributed by atoms with Gasteiger partial charge in [0.1, 0.15) is 5.75 Å². The van der Waals surface area contributed by atoms with E-state index in [9.17, 15) is 9.59 Å². The number of benzene rings is 2. The lowest BCUT2D eigenvalue weighted by Crippen LogP contribution is -2.46. The van der Waals surface area contributed by atoms with Gasteiger partial charge in [0.15, 0.2) is 5.11 Å². The first-order chi connectivity index (χ1) is 13.4. The molecule has 0 saturated carbocycles. The van der Waals surface area contributed by atoms with Gasteiger partial charge in [0.2, 0.25) is 0 Å². The van der Waals surface area contributed by atoms with Crippen molar-refractivity contribution in [1.82, 2.24) is 10.2 Å². The van der Waals surface area contributed by atoms with Crippen LogP contribution in [-0.2, 0) is 9.53 Å². The Balaban J connectivity index is 1.84. The van der Waals surface area contributed by atoms with E-state index in [-0.39, 0.29) is 0 Å². The molecule has 1 unspecified atom stereocenters. The van der Waals surface area contributed by atoms with E-state index in [0.717, 1.165) is 11.3 Å². The fourth-order valence-corrected chi connectivity index (χ4v) is 3.18. The smallest absolute Gasteiger partial charge is 0.343 e. The molecule has 0 aromatic heterocycles. The van der Waals surface area contributed by atoms with Crippen molar-refractivity contribution in [2.45, 2.75) is 13.0 Å². The highest BCUT2D eigenvalue weighted by atomic mass is 32.1. The zero-order chi connectivity index (χ0) is 20.3. The number of allylic oxidation sites excluding steroid dienone is 1. The van der Waals surface area contributed by atoms with E-state index in [4.69, 9.17) is 21.7 Å². The molecule has 2 aromatic rings. The molecule has 1 atom stereocenters. The minimum Gasteiger partial charge on any atom is -0.466 e. The van der Waals surface area contributed by atoms with E-state index >= 15 is 0 Å². The van der Waals surface area contributed by atoms with E-state index in [1.807, 2.05) is 13.0 Å². The van der Waals surface area contributed by atoms with Crippen LogP contribution in [0, 0.1) is 0 Å². The summed E-state index contributed by atoms with van der Waals surface area (Å²) in [6.07, 6.45) is 0. The predicted molar refractivity (Wildman–Crippen MR) is 109 cm³/mol. The van der Waals surface area contributed by atoms with Crippen LogP contribution in [0.4, 0.5) is 0 Å². The third-order valence-electron chi connectivity index (χ3n) is 4.59. The number of hydrogen-bond acceptors (Lipinski definition) is 5. The zero-order valence-corrected chi connectivity index (χ0v) is 16.6. The molecule has 1 N–H and O–H groups in total. The first kappa shape index (κ1) is 19.6. The van der Waals surface area contributed by atoms with Crippen LogP contribution in [0.1, 0.15) is 28.9 Å². The van der Waals surface area contributed by atoms with E-state index in [2.05, 4.69) is 5.32 Å². The Kier molecular flexibility index (Phi) is 5.75. The lowest BCUT2D eigenvalue weighted by molar-refractivity contribution is -0.136. The summed E-state index contributed by atoms with van der Waals surface area (Å²) >= 11 is 5.35. The molecule has 2 aromatic carbocycles. The van der Waals surface area contributed by atoms with Gasteiger partial charge in [-0.2, -0.15) is 0 Å². The van der Waals surface area contributed by atoms with Gasteiger partial charge in [0.05, 0.1) is 24.3 Å². The number of methoxy groups -OCH3 is 1. The van der Waals surface area contributed by atoms with Crippen LogP contribution in [0.15, 0.2) is 65.9 Å². The average Bonchev–Trinajstić information content (AvgIpc) is 2.72. The van der Waals surface area contributed by atoms with Crippen molar-refractivity contribution in [2.24, 2.45) is 0 Å². The van der Waals surface area contributed by atoms with Crippen molar-refractivity contribution in [3.63, 3.8) is 0 Å². The van der Waals surface area contributed by atoms with Gasteiger partial charge in [0, 0.05) is 12.7 Å². The molecule has 1 aliphatic rings. The largest absolute Gasteiger partial charge is 0.466 e. The highest BCUT2D eigenvalue weighted by molar-refractivity contribution is 7.80. The fourth-order valence-electron chi connectivity index (χ4n) is 2.93. The molecule has 0 radical (unpaired) electrons. The predicted octanol–water partition coefficient (Wildman–Crippen LogP) is 3.21. The maximum atomic E-state index is 12.3. The summed E-state index contributed by atoms with van der Waals surface area (Å²) in [5.74, 6) is -0.449. The molecular weight excluding hydrogens is 376 g/mol. The normalized spacial score (nSPS) is 16.5. The first-order valence-electron chi connectivity index (χ1n) is 8.63. The number of carbonyl (C=O) groups excluding carboxylic acids is 2. The Morgan fingerprint density at radius 2 is 1.68 bits per heavy atom. The highest BCUT2D eigenvalue weighted by Gasteiger charge is 2.33. The third-order valence-corrected chi connectivity index (χ3v) is 4.98. The summed E-state index contributed by atoms with van der Waals surface area (Å²) < 4.78 is 10.3. The van der Waals surface area contributed by atoms with Crippen molar-refractivity contribution < 1.29 is 19.1 Å². The Morgan fingerprint density at radius 3 is 2.29 bits per heavy atom. The van der Waals surface area contributed by atoms with Gasteiger partial charge < -0.3 is 19.7 Å². The number of ether oxygens (including phenoxy) is 2. The van der Waals surface area contributed by atoms with Crippen molar-refractivity contribution in [3.05, 3.63) is 77.0 Å². The molecule has 1 aliphatic heterocycles. The second kappa shape index (κ2) is 8.22. The van der Waals surface area contributed by atoms with E-state index in [0.29, 0.717) is 22.0 Å². The zero-order valence-electron chi connectivity index (χ0n) is 15.8. The van der Waals surface area contributed by atoms with Crippen molar-refractivity contribution in [3.8, 4) is 5.75 Å². The Labute approximate surface area is 168 Å². The fraction of sp³-hybridized carbons (Fsp3) is 0.190. The summed E-state index contributed by atoms with van der Waals surface area (Å²) in [5, 5.41) is 3.66. The van der Waals surface area contributed by atoms with Crippen molar-refractivity contribution in [2.75, 3.05) is 14.2 Å². The van der Waals surface area contributed by atoms with Gasteiger partial charge in [-0.3, -0.25) is 0 Å². The molecule has 144 valence electrons. The minimum absolute atomic E-state index is 0.411. The number of rotatable bonds is 4. The molecule has 0 bridgehead atoms. The van der Waals surface area contributed by atoms with Gasteiger partial charge in [-0.1, -0.05) is 30.3 Å². The standard InChI is InChI=1S/C21H20N2O4S/c1-13-17(20(25)26-3)18(22-21(28)23(13)2)14-9-11-16(12-10-14)27-19(24)15-7-5-4-6-8-15/h4-12,18H,1-3H3,(H,22,28). The van der Waals surface area contributed by atoms with E-state index in [1.54, 1.807) is 60.5 Å². The Hall–Kier alpha value is -3.19. The van der Waals surface area contributed by atoms with Gasteiger partial charge >= 0.3 is 11.9 Å². The SMILES string of the molecule is COC(=O)C1=C(C)N(C)C(=S)NC1c1ccc(OC(=O)c2ccccc2)cc1. The summed E-state index contributed by atoms with van der Waals surface area (Å²) in [6, 6.07) is 15.3. The molecule has 0 saturated heterocycles. The average molecular weight is 396 g/mol. The molecule has 0 aliphatic carbocycles. The quantitative estimate of drug-likeness (QED) is 0.483. The summed E-state index contributed by atoms with van der Waals surface area (Å²) in [7, 11) is 3.13. The maximum Gasteiger partial charge on any atom is 0.343 e. The highest BCUT2D eigenvalue weighted by Crippen LogP contribution is 2.31. The van der Waals surface area contributed by atoms with Gasteiger partial charge in [-0.15, -0.1) is 0 Å². The van der Waals surface area contributed by atoms with Gasteiger partial charge in [-0.25, -0.2) is 9.59 Å². The van der Waals surface area contributed by atoms with E-state index in [1.165, 1.54) is 7.11 Å². The lowest BCUT2D eigenvalue weighted by atomic mass is 9.95. The van der Waals surface area contributed by atoms with Crippen LogP contribution in [0.5, 0.6) is 5.75 Å². The van der Waals surface area contributed by atoms with Gasteiger partial charge in [0.25, 0.3) is 0 Å². The topological polar surface area (TPSA) is 67.9 Å². The molecule has 7 heteroatoms. The lowest BCUT2D eigenvalue weighted by Gasteiger charge is -2.35. The molecule has 1 heterocycles. The molecular formula is C21H20N2O4S. The number of nitrogens with one attached hydrogen (secondary N) is 1. The van der Waals surface area contributed by atoms with Crippen molar-refractivity contribution >= 4 is 29.3 Å². The monoisotopic (exact) mass is 396 g/mol. The summed E-state index contributed by atoms with van der Waals surface area (Å²) in [6.45, 7) is 1.82. The van der Waals surface area contributed by atoms with Crippen LogP contribution >= 0.6 is 12.2 Å². The second-order valence-corrected chi connectivity index (χ2v) is 6.64. The molecule has 28 heavy (non-hydrogen) atoms. The molecule has 0 spiro atoms. The molecule has 0 amide bonds. The molecule has 3 rings (SSSR count). The number of thiocarbonyl (C=S) groups is 1. The number of esters is 2. The van der Waals surface area contributed by atoms with Crippen LogP contribution in [0.25, 0.3) is 0 Å². The van der Waals surface area contributed by atoms with E-state index < -0.39 is 18.0 Å². The molecule has 6 nitrogen and oxygen atoms in total.